The molecule has 0 spiro atoms. The Bertz CT molecular complexity index is 97.0. The Morgan fingerprint density at radius 1 is 1.44 bits per heavy atom. The van der Waals surface area contributed by atoms with Gasteiger partial charge >= 0.3 is 0 Å². The summed E-state index contributed by atoms with van der Waals surface area (Å²) in [6, 6.07) is 0. The van der Waals surface area contributed by atoms with Crippen molar-refractivity contribution >= 4 is 30.7 Å². The average molecular weight is 172 g/mol. The zero-order valence-electron chi connectivity index (χ0n) is 5.29. The van der Waals surface area contributed by atoms with E-state index in [4.69, 9.17) is 0 Å². The quantitative estimate of drug-likeness (QED) is 0.535. The lowest BCUT2D eigenvalue weighted by Gasteiger charge is -2.03. The van der Waals surface area contributed by atoms with Crippen molar-refractivity contribution in [1.29, 1.82) is 0 Å². The van der Waals surface area contributed by atoms with Crippen molar-refractivity contribution in [3.05, 3.63) is 0 Å². The molecule has 1 fully saturated rings. The minimum atomic E-state index is 0. The van der Waals surface area contributed by atoms with Crippen molar-refractivity contribution in [3.8, 4) is 0 Å². The summed E-state index contributed by atoms with van der Waals surface area (Å²) in [5.41, 5.74) is 0. The molecule has 56 valence electrons. The van der Waals surface area contributed by atoms with Crippen molar-refractivity contribution in [3.63, 3.8) is 0 Å². The first-order valence-corrected chi connectivity index (χ1v) is 2.54. The first-order chi connectivity index (χ1) is 3.30. The van der Waals surface area contributed by atoms with Gasteiger partial charge in [-0.15, -0.1) is 24.8 Å². The maximum atomic E-state index is 10.5. The van der Waals surface area contributed by atoms with Gasteiger partial charge in [-0.3, -0.25) is 4.79 Å². The molecule has 0 N–H and O–H groups in total. The summed E-state index contributed by atoms with van der Waals surface area (Å²) in [6.07, 6.45) is 1.81. The van der Waals surface area contributed by atoms with Crippen LogP contribution in [0.5, 0.6) is 0 Å². The topological polar surface area (TPSA) is 20.3 Å². The van der Waals surface area contributed by atoms with Gasteiger partial charge in [-0.2, -0.15) is 0 Å². The number of hydrogen-bond donors (Lipinski definition) is 0. The second-order valence-electron chi connectivity index (χ2n) is 1.92. The van der Waals surface area contributed by atoms with Gasteiger partial charge in [0.2, 0.25) is 5.91 Å². The Hall–Kier alpha value is 0.0500. The normalized spacial score (nSPS) is 16.6. The average Bonchev–Trinajstić information content (AvgIpc) is 1.91. The van der Waals surface area contributed by atoms with E-state index in [1.54, 1.807) is 4.90 Å². The molecule has 1 aliphatic heterocycles. The van der Waals surface area contributed by atoms with Crippen LogP contribution in [0.1, 0.15) is 12.8 Å². The lowest BCUT2D eigenvalue weighted by Crippen LogP contribution is -2.17. The summed E-state index contributed by atoms with van der Waals surface area (Å²) >= 11 is 0. The van der Waals surface area contributed by atoms with E-state index in [1.807, 2.05) is 7.05 Å². The van der Waals surface area contributed by atoms with Crippen LogP contribution in [-0.2, 0) is 4.79 Å². The molecule has 1 heterocycles. The number of halogens is 2. The monoisotopic (exact) mass is 171 g/mol. The highest BCUT2D eigenvalue weighted by atomic mass is 35.5. The third kappa shape index (κ3) is 2.92. The standard InChI is InChI=1S/C5H9NO.2ClH/c1-6-4-2-3-5(6)7;;/h2-4H2,1H3;2*1H. The molecule has 0 bridgehead atoms. The van der Waals surface area contributed by atoms with E-state index >= 15 is 0 Å². The van der Waals surface area contributed by atoms with Gasteiger partial charge in [0.15, 0.2) is 0 Å². The summed E-state index contributed by atoms with van der Waals surface area (Å²) in [5, 5.41) is 0. The van der Waals surface area contributed by atoms with Crippen LogP contribution in [0.2, 0.25) is 0 Å². The predicted octanol–water partition coefficient (Wildman–Crippen LogP) is 1.08. The number of nitrogens with zero attached hydrogens (tertiary/aromatic N) is 1. The van der Waals surface area contributed by atoms with E-state index in [-0.39, 0.29) is 24.8 Å². The van der Waals surface area contributed by atoms with E-state index in [0.29, 0.717) is 5.91 Å². The fourth-order valence-corrected chi connectivity index (χ4v) is 0.783. The van der Waals surface area contributed by atoms with Crippen LogP contribution in [0, 0.1) is 0 Å². The van der Waals surface area contributed by atoms with Gasteiger partial charge in [-0.25, -0.2) is 0 Å². The van der Waals surface area contributed by atoms with E-state index in [1.165, 1.54) is 0 Å². The number of hydrogen-bond acceptors (Lipinski definition) is 1. The van der Waals surface area contributed by atoms with Gasteiger partial charge in [-0.1, -0.05) is 0 Å². The van der Waals surface area contributed by atoms with E-state index in [2.05, 4.69) is 0 Å². The van der Waals surface area contributed by atoms with Crippen LogP contribution in [0.15, 0.2) is 0 Å². The van der Waals surface area contributed by atoms with Crippen LogP contribution >= 0.6 is 24.8 Å². The highest BCUT2D eigenvalue weighted by Gasteiger charge is 2.14. The van der Waals surface area contributed by atoms with Crippen LogP contribution in [-0.4, -0.2) is 24.4 Å². The SMILES string of the molecule is CN1CCCC1=O.Cl.Cl. The minimum Gasteiger partial charge on any atom is -0.346 e. The molecule has 0 aromatic carbocycles. The van der Waals surface area contributed by atoms with Crippen LogP contribution in [0.4, 0.5) is 0 Å². The number of amides is 1. The highest BCUT2D eigenvalue weighted by Crippen LogP contribution is 2.04. The largest absolute Gasteiger partial charge is 0.346 e. The van der Waals surface area contributed by atoms with Crippen molar-refractivity contribution in [2.24, 2.45) is 0 Å². The summed E-state index contributed by atoms with van der Waals surface area (Å²) in [5.74, 6) is 0.292. The summed E-state index contributed by atoms with van der Waals surface area (Å²) in [7, 11) is 1.84. The lowest BCUT2D eigenvalue weighted by molar-refractivity contribution is -0.126. The van der Waals surface area contributed by atoms with Crippen LogP contribution in [0.25, 0.3) is 0 Å². The van der Waals surface area contributed by atoms with Gasteiger partial charge < -0.3 is 4.90 Å². The first-order valence-electron chi connectivity index (χ1n) is 2.54. The van der Waals surface area contributed by atoms with Crippen LogP contribution in [0.3, 0.4) is 0 Å². The molecule has 4 heteroatoms. The first kappa shape index (κ1) is 11.8. The molecule has 0 saturated carbocycles. The van der Waals surface area contributed by atoms with Gasteiger partial charge in [0.05, 0.1) is 0 Å². The maximum Gasteiger partial charge on any atom is 0.222 e. The van der Waals surface area contributed by atoms with Gasteiger partial charge in [0.1, 0.15) is 0 Å². The fraction of sp³-hybridized carbons (Fsp3) is 0.800. The lowest BCUT2D eigenvalue weighted by atomic mass is 10.4. The molecular weight excluding hydrogens is 161 g/mol. The number of likely N-dealkylation sites (tertiary alicyclic amines) is 1. The van der Waals surface area contributed by atoms with Gasteiger partial charge in [-0.05, 0) is 6.42 Å². The highest BCUT2D eigenvalue weighted by molar-refractivity contribution is 5.85. The summed E-state index contributed by atoms with van der Waals surface area (Å²) < 4.78 is 0. The zero-order valence-corrected chi connectivity index (χ0v) is 6.93. The molecular formula is C5H11Cl2NO. The molecule has 0 aromatic rings. The van der Waals surface area contributed by atoms with E-state index in [0.717, 1.165) is 19.4 Å². The molecule has 1 rings (SSSR count). The third-order valence-corrected chi connectivity index (χ3v) is 1.31. The minimum absolute atomic E-state index is 0. The Kier molecular flexibility index (Phi) is 6.40. The van der Waals surface area contributed by atoms with Gasteiger partial charge in [0.25, 0.3) is 0 Å². The molecule has 2 nitrogen and oxygen atoms in total. The van der Waals surface area contributed by atoms with Gasteiger partial charge in [0, 0.05) is 20.0 Å². The van der Waals surface area contributed by atoms with Crippen molar-refractivity contribution in [1.82, 2.24) is 4.90 Å². The molecule has 1 amide bonds. The van der Waals surface area contributed by atoms with E-state index in [9.17, 15) is 4.79 Å². The molecule has 1 saturated heterocycles. The predicted molar refractivity (Wildman–Crippen MR) is 41.4 cm³/mol. The number of carbonyl (C=O) groups excluding carboxylic acids is 1. The Morgan fingerprint density at radius 3 is 2.11 bits per heavy atom. The Morgan fingerprint density at radius 2 is 2.00 bits per heavy atom. The molecule has 0 radical (unpaired) electrons. The maximum absolute atomic E-state index is 10.5. The smallest absolute Gasteiger partial charge is 0.222 e. The molecule has 0 aromatic heterocycles. The third-order valence-electron chi connectivity index (χ3n) is 1.31. The molecule has 0 aliphatic carbocycles. The van der Waals surface area contributed by atoms with Crippen molar-refractivity contribution in [2.45, 2.75) is 12.8 Å². The number of carbonyl (C=O) groups is 1. The second-order valence-corrected chi connectivity index (χ2v) is 1.92. The zero-order chi connectivity index (χ0) is 5.28. The molecule has 9 heavy (non-hydrogen) atoms. The summed E-state index contributed by atoms with van der Waals surface area (Å²) in [6.45, 7) is 0.957. The Labute approximate surface area is 67.4 Å². The molecule has 0 unspecified atom stereocenters. The number of rotatable bonds is 0. The van der Waals surface area contributed by atoms with E-state index < -0.39 is 0 Å². The second kappa shape index (κ2) is 4.89. The Balaban J connectivity index is 0. The van der Waals surface area contributed by atoms with Crippen LogP contribution < -0.4 is 0 Å². The van der Waals surface area contributed by atoms with Crippen molar-refractivity contribution < 1.29 is 4.79 Å². The molecule has 0 atom stereocenters. The molecule has 1 aliphatic rings. The fourth-order valence-electron chi connectivity index (χ4n) is 0.783. The van der Waals surface area contributed by atoms with Crippen molar-refractivity contribution in [2.75, 3.05) is 13.6 Å². The summed E-state index contributed by atoms with van der Waals surface area (Å²) in [4.78, 5) is 12.3.